The second kappa shape index (κ2) is 8.37. The molecule has 1 aromatic heterocycles. The van der Waals surface area contributed by atoms with E-state index in [0.29, 0.717) is 29.5 Å². The van der Waals surface area contributed by atoms with Crippen LogP contribution in [0.15, 0.2) is 63.9 Å². The summed E-state index contributed by atoms with van der Waals surface area (Å²) in [5.74, 6) is 0.370. The van der Waals surface area contributed by atoms with Crippen molar-refractivity contribution in [2.24, 2.45) is 5.14 Å². The lowest BCUT2D eigenvalue weighted by atomic mass is 10.1. The Morgan fingerprint density at radius 3 is 2.46 bits per heavy atom. The molecule has 0 spiro atoms. The van der Waals surface area contributed by atoms with Crippen molar-refractivity contribution in [3.05, 3.63) is 60.5 Å². The molecule has 1 heterocycles. The zero-order valence-corrected chi connectivity index (χ0v) is 16.1. The molecule has 8 heteroatoms. The van der Waals surface area contributed by atoms with Crippen LogP contribution >= 0.6 is 0 Å². The minimum absolute atomic E-state index is 0.0441. The van der Waals surface area contributed by atoms with Crippen molar-refractivity contribution in [3.8, 4) is 22.6 Å². The molecule has 0 unspecified atom stereocenters. The van der Waals surface area contributed by atoms with Crippen LogP contribution in [0, 0.1) is 0 Å². The number of benzene rings is 2. The van der Waals surface area contributed by atoms with Gasteiger partial charge in [-0.25, -0.2) is 18.5 Å². The molecule has 0 aliphatic carbocycles. The van der Waals surface area contributed by atoms with E-state index in [9.17, 15) is 13.2 Å². The molecule has 3 rings (SSSR count). The van der Waals surface area contributed by atoms with Gasteiger partial charge in [-0.2, -0.15) is 0 Å². The smallest absolute Gasteiger partial charge is 0.306 e. The Morgan fingerprint density at radius 1 is 1.11 bits per heavy atom. The van der Waals surface area contributed by atoms with Gasteiger partial charge in [-0.1, -0.05) is 48.5 Å². The van der Waals surface area contributed by atoms with E-state index in [1.165, 1.54) is 6.07 Å². The number of carbonyl (C=O) groups is 1. The molecule has 0 aliphatic heterocycles. The fourth-order valence-electron chi connectivity index (χ4n) is 2.79. The van der Waals surface area contributed by atoms with E-state index in [-0.39, 0.29) is 23.7 Å². The maximum absolute atomic E-state index is 12.0. The van der Waals surface area contributed by atoms with Crippen LogP contribution in [-0.2, 0) is 26.0 Å². The lowest BCUT2D eigenvalue weighted by molar-refractivity contribution is -0.143. The summed E-state index contributed by atoms with van der Waals surface area (Å²) in [5, 5.41) is 5.37. The first-order valence-corrected chi connectivity index (χ1v) is 10.3. The van der Waals surface area contributed by atoms with Crippen LogP contribution < -0.4 is 5.14 Å². The highest BCUT2D eigenvalue weighted by molar-refractivity contribution is 7.89. The summed E-state index contributed by atoms with van der Waals surface area (Å²) in [6.45, 7) is 2.03. The van der Waals surface area contributed by atoms with E-state index >= 15 is 0 Å². The number of aromatic nitrogens is 1. The average Bonchev–Trinajstić information content (AvgIpc) is 3.11. The summed E-state index contributed by atoms with van der Waals surface area (Å²) in [4.78, 5) is 16.1. The maximum atomic E-state index is 12.0. The Morgan fingerprint density at radius 2 is 1.79 bits per heavy atom. The highest BCUT2D eigenvalue weighted by Gasteiger charge is 2.23. The van der Waals surface area contributed by atoms with Gasteiger partial charge in [0.05, 0.1) is 17.9 Å². The number of esters is 1. The number of oxazole rings is 1. The summed E-state index contributed by atoms with van der Waals surface area (Å²) in [6, 6.07) is 15.5. The first-order valence-electron chi connectivity index (χ1n) is 8.73. The van der Waals surface area contributed by atoms with Gasteiger partial charge in [0.2, 0.25) is 10.0 Å². The van der Waals surface area contributed by atoms with Crippen LogP contribution in [0.2, 0.25) is 0 Å². The van der Waals surface area contributed by atoms with Crippen LogP contribution in [0.4, 0.5) is 0 Å². The Hall–Kier alpha value is -2.97. The third-order valence-corrected chi connectivity index (χ3v) is 4.97. The van der Waals surface area contributed by atoms with E-state index in [4.69, 9.17) is 14.3 Å². The summed E-state index contributed by atoms with van der Waals surface area (Å²) in [6.07, 6.45) is 0.342. The monoisotopic (exact) mass is 400 g/mol. The average molecular weight is 400 g/mol. The van der Waals surface area contributed by atoms with Gasteiger partial charge < -0.3 is 9.15 Å². The van der Waals surface area contributed by atoms with Gasteiger partial charge in [-0.15, -0.1) is 0 Å². The second-order valence-electron chi connectivity index (χ2n) is 6.00. The molecule has 0 aliphatic rings. The summed E-state index contributed by atoms with van der Waals surface area (Å²) < 4.78 is 34.9. The Kier molecular flexibility index (Phi) is 5.91. The quantitative estimate of drug-likeness (QED) is 0.610. The Bertz CT molecular complexity index is 1070. The van der Waals surface area contributed by atoms with Crippen LogP contribution in [0.25, 0.3) is 22.6 Å². The van der Waals surface area contributed by atoms with Crippen molar-refractivity contribution in [1.82, 2.24) is 4.98 Å². The minimum atomic E-state index is -3.96. The molecule has 0 fully saturated rings. The highest BCUT2D eigenvalue weighted by Crippen LogP contribution is 2.35. The van der Waals surface area contributed by atoms with E-state index in [1.807, 2.05) is 30.3 Å². The molecule has 0 amide bonds. The molecule has 0 radical (unpaired) electrons. The number of ether oxygens (including phenoxy) is 1. The molecule has 0 bridgehead atoms. The van der Waals surface area contributed by atoms with Crippen LogP contribution in [0.1, 0.15) is 19.2 Å². The van der Waals surface area contributed by atoms with Gasteiger partial charge in [0.25, 0.3) is 0 Å². The third-order valence-electron chi connectivity index (χ3n) is 4.00. The Balaban J connectivity index is 2.09. The molecule has 0 saturated heterocycles. The third kappa shape index (κ3) is 4.47. The maximum Gasteiger partial charge on any atom is 0.306 e. The number of hydrogen-bond donors (Lipinski definition) is 1. The number of carbonyl (C=O) groups excluding carboxylic acids is 1. The number of primary sulfonamides is 1. The fourth-order valence-corrected chi connectivity index (χ4v) is 3.53. The molecule has 3 aromatic rings. The second-order valence-corrected chi connectivity index (χ2v) is 7.53. The molecule has 2 N–H and O–H groups in total. The van der Waals surface area contributed by atoms with Gasteiger partial charge in [0, 0.05) is 17.5 Å². The molecule has 0 atom stereocenters. The standard InChI is InChI=1S/C20H20N2O5S/c1-2-26-18(23)13-12-17-22-19(20(27-17)14-8-4-3-5-9-14)15-10-6-7-11-16(15)28(21,24)25/h3-11H,2,12-13H2,1H3,(H2,21,24,25). The number of aryl methyl sites for hydroxylation is 1. The molecule has 146 valence electrons. The molecular formula is C20H20N2O5S. The van der Waals surface area contributed by atoms with Crippen LogP contribution in [-0.4, -0.2) is 26.0 Å². The van der Waals surface area contributed by atoms with Gasteiger partial charge in [0.1, 0.15) is 5.69 Å². The minimum Gasteiger partial charge on any atom is -0.466 e. The van der Waals surface area contributed by atoms with Crippen LogP contribution in [0.5, 0.6) is 0 Å². The van der Waals surface area contributed by atoms with Crippen molar-refractivity contribution in [1.29, 1.82) is 0 Å². The number of nitrogens with zero attached hydrogens (tertiary/aromatic N) is 1. The summed E-state index contributed by atoms with van der Waals surface area (Å²) in [7, 11) is -3.96. The first kappa shape index (κ1) is 19.8. The van der Waals surface area contributed by atoms with Crippen molar-refractivity contribution in [2.75, 3.05) is 6.61 Å². The first-order chi connectivity index (χ1) is 13.4. The van der Waals surface area contributed by atoms with Crippen molar-refractivity contribution in [3.63, 3.8) is 0 Å². The zero-order chi connectivity index (χ0) is 20.1. The molecule has 7 nitrogen and oxygen atoms in total. The van der Waals surface area contributed by atoms with Crippen molar-refractivity contribution < 1.29 is 22.4 Å². The molecule has 0 saturated carbocycles. The molecule has 28 heavy (non-hydrogen) atoms. The van der Waals surface area contributed by atoms with Gasteiger partial charge in [0.15, 0.2) is 11.7 Å². The highest BCUT2D eigenvalue weighted by atomic mass is 32.2. The van der Waals surface area contributed by atoms with E-state index < -0.39 is 10.0 Å². The van der Waals surface area contributed by atoms with E-state index in [0.717, 1.165) is 5.56 Å². The topological polar surface area (TPSA) is 112 Å². The number of hydrogen-bond acceptors (Lipinski definition) is 6. The SMILES string of the molecule is CCOC(=O)CCc1nc(-c2ccccc2S(N)(=O)=O)c(-c2ccccc2)o1. The summed E-state index contributed by atoms with van der Waals surface area (Å²) >= 11 is 0. The van der Waals surface area contributed by atoms with E-state index in [1.54, 1.807) is 25.1 Å². The normalized spacial score (nSPS) is 11.4. The predicted molar refractivity (Wildman–Crippen MR) is 104 cm³/mol. The zero-order valence-electron chi connectivity index (χ0n) is 15.3. The van der Waals surface area contributed by atoms with Crippen molar-refractivity contribution >= 4 is 16.0 Å². The van der Waals surface area contributed by atoms with Gasteiger partial charge >= 0.3 is 5.97 Å². The summed E-state index contributed by atoms with van der Waals surface area (Å²) in [5.41, 5.74) is 1.43. The van der Waals surface area contributed by atoms with Gasteiger partial charge in [-0.05, 0) is 13.0 Å². The lowest BCUT2D eigenvalue weighted by Gasteiger charge is -2.06. The molecule has 2 aromatic carbocycles. The number of sulfonamides is 1. The molecular weight excluding hydrogens is 380 g/mol. The number of rotatable bonds is 7. The van der Waals surface area contributed by atoms with Crippen molar-refractivity contribution in [2.45, 2.75) is 24.7 Å². The lowest BCUT2D eigenvalue weighted by Crippen LogP contribution is -2.13. The van der Waals surface area contributed by atoms with Crippen LogP contribution in [0.3, 0.4) is 0 Å². The predicted octanol–water partition coefficient (Wildman–Crippen LogP) is 3.15. The fraction of sp³-hybridized carbons (Fsp3) is 0.200. The number of nitrogens with two attached hydrogens (primary N) is 1. The van der Waals surface area contributed by atoms with Gasteiger partial charge in [-0.3, -0.25) is 4.79 Å². The Labute approximate surface area is 163 Å². The van der Waals surface area contributed by atoms with E-state index in [2.05, 4.69) is 4.98 Å². The largest absolute Gasteiger partial charge is 0.466 e.